The highest BCUT2D eigenvalue weighted by Crippen LogP contribution is 2.31. The fourth-order valence-corrected chi connectivity index (χ4v) is 1.97. The summed E-state index contributed by atoms with van der Waals surface area (Å²) in [5.74, 6) is 1.62. The maximum Gasteiger partial charge on any atom is 0.292 e. The molecule has 2 rings (SSSR count). The fraction of sp³-hybridized carbons (Fsp3) is 0.400. The number of aromatic nitrogens is 1. The average molecular weight is 244 g/mol. The van der Waals surface area contributed by atoms with Crippen molar-refractivity contribution in [2.24, 2.45) is 0 Å². The van der Waals surface area contributed by atoms with Gasteiger partial charge in [-0.2, -0.15) is 4.98 Å². The molecule has 3 heteroatoms. The number of rotatable bonds is 3. The molecule has 0 saturated carbocycles. The topological polar surface area (TPSA) is 52.0 Å². The molecule has 0 saturated heterocycles. The van der Waals surface area contributed by atoms with Gasteiger partial charge in [-0.1, -0.05) is 52.0 Å². The molecule has 0 radical (unpaired) electrons. The molecule has 0 unspecified atom stereocenters. The molecular weight excluding hydrogens is 224 g/mol. The van der Waals surface area contributed by atoms with Crippen LogP contribution in [0.1, 0.15) is 50.8 Å². The van der Waals surface area contributed by atoms with Crippen molar-refractivity contribution in [1.29, 1.82) is 0 Å². The maximum atomic E-state index is 5.65. The van der Waals surface area contributed by atoms with E-state index in [1.165, 1.54) is 5.56 Å². The molecule has 0 aliphatic rings. The Balaban J connectivity index is 2.42. The Morgan fingerprint density at radius 1 is 1.00 bits per heavy atom. The second kappa shape index (κ2) is 4.84. The molecule has 2 aromatic rings. The monoisotopic (exact) mass is 244 g/mol. The van der Waals surface area contributed by atoms with Gasteiger partial charge in [0, 0.05) is 5.56 Å². The largest absolute Gasteiger partial charge is 0.423 e. The molecule has 2 N–H and O–H groups in total. The van der Waals surface area contributed by atoms with Crippen LogP contribution in [0.25, 0.3) is 11.3 Å². The molecule has 18 heavy (non-hydrogen) atoms. The molecule has 0 aliphatic heterocycles. The summed E-state index contributed by atoms with van der Waals surface area (Å²) >= 11 is 0. The number of oxazole rings is 1. The lowest BCUT2D eigenvalue weighted by Crippen LogP contribution is -1.92. The van der Waals surface area contributed by atoms with E-state index in [0.717, 1.165) is 17.0 Å². The second-order valence-electron chi connectivity index (χ2n) is 5.20. The van der Waals surface area contributed by atoms with Crippen LogP contribution in [0.2, 0.25) is 0 Å². The van der Waals surface area contributed by atoms with Crippen LogP contribution in [-0.2, 0) is 0 Å². The predicted octanol–water partition coefficient (Wildman–Crippen LogP) is 4.17. The van der Waals surface area contributed by atoms with Crippen molar-refractivity contribution in [2.45, 2.75) is 39.5 Å². The molecule has 3 nitrogen and oxygen atoms in total. The lowest BCUT2D eigenvalue weighted by molar-refractivity contribution is 0.592. The van der Waals surface area contributed by atoms with Gasteiger partial charge in [-0.05, 0) is 17.4 Å². The molecule has 0 spiro atoms. The third kappa shape index (κ3) is 2.40. The minimum Gasteiger partial charge on any atom is -0.423 e. The summed E-state index contributed by atoms with van der Waals surface area (Å²) in [7, 11) is 0. The van der Waals surface area contributed by atoms with E-state index in [-0.39, 0.29) is 6.01 Å². The molecule has 0 amide bonds. The van der Waals surface area contributed by atoms with Gasteiger partial charge < -0.3 is 10.2 Å². The van der Waals surface area contributed by atoms with Crippen LogP contribution in [0.15, 0.2) is 28.7 Å². The zero-order valence-electron chi connectivity index (χ0n) is 11.4. The SMILES string of the molecule is CC(C)c1ccc(-c2oc(N)nc2C(C)C)cc1. The van der Waals surface area contributed by atoms with Crippen LogP contribution in [0.3, 0.4) is 0 Å². The van der Waals surface area contributed by atoms with Crippen LogP contribution in [0, 0.1) is 0 Å². The first-order valence-corrected chi connectivity index (χ1v) is 6.35. The average Bonchev–Trinajstić information content (AvgIpc) is 2.71. The Hall–Kier alpha value is -1.77. The summed E-state index contributed by atoms with van der Waals surface area (Å²) in [6.45, 7) is 8.54. The van der Waals surface area contributed by atoms with E-state index in [1.54, 1.807) is 0 Å². The van der Waals surface area contributed by atoms with Crippen LogP contribution < -0.4 is 5.73 Å². The third-order valence-corrected chi connectivity index (χ3v) is 3.06. The van der Waals surface area contributed by atoms with Crippen molar-refractivity contribution >= 4 is 6.01 Å². The first-order valence-electron chi connectivity index (χ1n) is 6.35. The molecule has 1 aromatic heterocycles. The molecule has 0 bridgehead atoms. The number of hydrogen-bond donors (Lipinski definition) is 1. The number of hydrogen-bond acceptors (Lipinski definition) is 3. The summed E-state index contributed by atoms with van der Waals surface area (Å²) in [4.78, 5) is 4.26. The highest BCUT2D eigenvalue weighted by molar-refractivity contribution is 5.62. The van der Waals surface area contributed by atoms with Crippen molar-refractivity contribution in [2.75, 3.05) is 5.73 Å². The molecular formula is C15H20N2O. The Morgan fingerprint density at radius 3 is 2.11 bits per heavy atom. The van der Waals surface area contributed by atoms with Crippen LogP contribution in [-0.4, -0.2) is 4.98 Å². The second-order valence-corrected chi connectivity index (χ2v) is 5.20. The van der Waals surface area contributed by atoms with Gasteiger partial charge in [0.1, 0.15) is 0 Å². The van der Waals surface area contributed by atoms with Crippen molar-refractivity contribution < 1.29 is 4.42 Å². The number of benzene rings is 1. The summed E-state index contributed by atoms with van der Waals surface area (Å²) in [5.41, 5.74) is 8.93. The summed E-state index contributed by atoms with van der Waals surface area (Å²) in [6.07, 6.45) is 0. The number of nitrogen functional groups attached to an aromatic ring is 1. The quantitative estimate of drug-likeness (QED) is 0.881. The molecule has 0 fully saturated rings. The minimum absolute atomic E-state index is 0.238. The standard InChI is InChI=1S/C15H20N2O/c1-9(2)11-5-7-12(8-6-11)14-13(10(3)4)17-15(16)18-14/h5-10H,1-4H3,(H2,16,17). The van der Waals surface area contributed by atoms with Crippen LogP contribution in [0.4, 0.5) is 6.01 Å². The Labute approximate surface area is 108 Å². The molecule has 1 aromatic carbocycles. The maximum absolute atomic E-state index is 5.65. The normalized spacial score (nSPS) is 11.4. The van der Waals surface area contributed by atoms with E-state index in [0.29, 0.717) is 11.8 Å². The van der Waals surface area contributed by atoms with Crippen molar-refractivity contribution in [3.63, 3.8) is 0 Å². The predicted molar refractivity (Wildman–Crippen MR) is 74.5 cm³/mol. The summed E-state index contributed by atoms with van der Waals surface area (Å²) in [6, 6.07) is 8.63. The zero-order valence-corrected chi connectivity index (χ0v) is 11.4. The minimum atomic E-state index is 0.238. The molecule has 0 atom stereocenters. The van der Waals surface area contributed by atoms with Gasteiger partial charge in [-0.25, -0.2) is 0 Å². The Morgan fingerprint density at radius 2 is 1.61 bits per heavy atom. The number of nitrogens with zero attached hydrogens (tertiary/aromatic N) is 1. The highest BCUT2D eigenvalue weighted by atomic mass is 16.4. The highest BCUT2D eigenvalue weighted by Gasteiger charge is 2.16. The fourth-order valence-electron chi connectivity index (χ4n) is 1.97. The van der Waals surface area contributed by atoms with Crippen molar-refractivity contribution in [3.8, 4) is 11.3 Å². The number of nitrogens with two attached hydrogens (primary N) is 1. The van der Waals surface area contributed by atoms with Crippen LogP contribution in [0.5, 0.6) is 0 Å². The number of anilines is 1. The first kappa shape index (κ1) is 12.7. The van der Waals surface area contributed by atoms with E-state index >= 15 is 0 Å². The molecule has 96 valence electrons. The van der Waals surface area contributed by atoms with Crippen molar-refractivity contribution in [1.82, 2.24) is 4.98 Å². The van der Waals surface area contributed by atoms with E-state index < -0.39 is 0 Å². The lowest BCUT2D eigenvalue weighted by atomic mass is 9.99. The zero-order chi connectivity index (χ0) is 13.3. The van der Waals surface area contributed by atoms with Gasteiger partial charge >= 0.3 is 0 Å². The van der Waals surface area contributed by atoms with Crippen molar-refractivity contribution in [3.05, 3.63) is 35.5 Å². The lowest BCUT2D eigenvalue weighted by Gasteiger charge is -2.07. The Kier molecular flexibility index (Phi) is 3.41. The van der Waals surface area contributed by atoms with Gasteiger partial charge in [-0.15, -0.1) is 0 Å². The van der Waals surface area contributed by atoms with E-state index in [9.17, 15) is 0 Å². The summed E-state index contributed by atoms with van der Waals surface area (Å²) < 4.78 is 5.53. The van der Waals surface area contributed by atoms with Gasteiger partial charge in [0.15, 0.2) is 5.76 Å². The van der Waals surface area contributed by atoms with Crippen LogP contribution >= 0.6 is 0 Å². The van der Waals surface area contributed by atoms with Gasteiger partial charge in [0.2, 0.25) is 0 Å². The molecule has 1 heterocycles. The third-order valence-electron chi connectivity index (χ3n) is 3.06. The van der Waals surface area contributed by atoms with E-state index in [1.807, 2.05) is 0 Å². The Bertz CT molecular complexity index is 524. The van der Waals surface area contributed by atoms with Gasteiger partial charge in [0.25, 0.3) is 6.01 Å². The first-order chi connectivity index (χ1) is 8.49. The van der Waals surface area contributed by atoms with Gasteiger partial charge in [0.05, 0.1) is 5.69 Å². The van der Waals surface area contributed by atoms with Gasteiger partial charge in [-0.3, -0.25) is 0 Å². The summed E-state index contributed by atoms with van der Waals surface area (Å²) in [5, 5.41) is 0. The smallest absolute Gasteiger partial charge is 0.292 e. The molecule has 0 aliphatic carbocycles. The van der Waals surface area contributed by atoms with E-state index in [2.05, 4.69) is 56.9 Å². The van der Waals surface area contributed by atoms with E-state index in [4.69, 9.17) is 10.2 Å².